The molecule has 9 heteroatoms. The second-order valence-electron chi connectivity index (χ2n) is 6.67. The third-order valence-corrected chi connectivity index (χ3v) is 4.77. The Balaban J connectivity index is 1.64. The van der Waals surface area contributed by atoms with Gasteiger partial charge >= 0.3 is 0 Å². The lowest BCUT2D eigenvalue weighted by molar-refractivity contribution is 0.0846. The van der Waals surface area contributed by atoms with Crippen LogP contribution in [0.15, 0.2) is 30.6 Å². The van der Waals surface area contributed by atoms with Gasteiger partial charge in [-0.3, -0.25) is 9.20 Å². The predicted molar refractivity (Wildman–Crippen MR) is 106 cm³/mol. The molecule has 152 valence electrons. The summed E-state index contributed by atoms with van der Waals surface area (Å²) in [5.41, 5.74) is 1.66. The van der Waals surface area contributed by atoms with E-state index in [0.717, 1.165) is 31.7 Å². The number of nitrogens with one attached hydrogen (secondary N) is 1. The number of fused-ring (bicyclic) bond motifs is 1. The molecular formula is C20H23N5O4. The molecule has 4 heterocycles. The Labute approximate surface area is 168 Å². The zero-order valence-electron chi connectivity index (χ0n) is 16.4. The Hall–Kier alpha value is -3.20. The monoisotopic (exact) mass is 397 g/mol. The predicted octanol–water partition coefficient (Wildman–Crippen LogP) is 2.68. The number of pyridine rings is 1. The Morgan fingerprint density at radius 2 is 2.07 bits per heavy atom. The summed E-state index contributed by atoms with van der Waals surface area (Å²) in [5, 5.41) is 2.83. The Kier molecular flexibility index (Phi) is 5.57. The Bertz CT molecular complexity index is 1010. The van der Waals surface area contributed by atoms with Gasteiger partial charge in [0.2, 0.25) is 17.5 Å². The standard InChI is InChI=1S/C20H23N5O4/c1-3-29-19-16(22-18(26)14-5-4-6-17(21-14)27-2)12-25-11-15(23-20(25)24-19)13-7-9-28-10-8-13/h4-6,11-13H,3,7-10H2,1-2H3,(H,22,26). The third kappa shape index (κ3) is 4.14. The summed E-state index contributed by atoms with van der Waals surface area (Å²) < 4.78 is 18.0. The molecule has 0 spiro atoms. The average molecular weight is 397 g/mol. The highest BCUT2D eigenvalue weighted by Crippen LogP contribution is 2.28. The topological polar surface area (TPSA) is 99.9 Å². The first-order valence-electron chi connectivity index (χ1n) is 9.60. The second kappa shape index (κ2) is 8.44. The molecule has 0 atom stereocenters. The molecule has 0 aromatic carbocycles. The molecule has 1 saturated heterocycles. The first-order valence-corrected chi connectivity index (χ1v) is 9.60. The number of carbonyl (C=O) groups is 1. The number of hydrogen-bond donors (Lipinski definition) is 1. The fraction of sp³-hybridized carbons (Fsp3) is 0.400. The van der Waals surface area contributed by atoms with Crippen molar-refractivity contribution in [1.29, 1.82) is 0 Å². The Morgan fingerprint density at radius 1 is 1.24 bits per heavy atom. The van der Waals surface area contributed by atoms with E-state index in [0.29, 0.717) is 35.7 Å². The number of methoxy groups -OCH3 is 1. The summed E-state index contributed by atoms with van der Waals surface area (Å²) >= 11 is 0. The van der Waals surface area contributed by atoms with Gasteiger partial charge in [-0.05, 0) is 25.8 Å². The molecular weight excluding hydrogens is 374 g/mol. The maximum atomic E-state index is 12.7. The molecule has 1 amide bonds. The molecule has 3 aromatic heterocycles. The van der Waals surface area contributed by atoms with E-state index in [1.807, 2.05) is 17.5 Å². The highest BCUT2D eigenvalue weighted by molar-refractivity contribution is 6.03. The zero-order chi connectivity index (χ0) is 20.2. The van der Waals surface area contributed by atoms with Gasteiger partial charge in [0, 0.05) is 37.6 Å². The van der Waals surface area contributed by atoms with Crippen molar-refractivity contribution < 1.29 is 19.0 Å². The summed E-state index contributed by atoms with van der Waals surface area (Å²) in [7, 11) is 1.50. The molecule has 3 aromatic rings. The third-order valence-electron chi connectivity index (χ3n) is 4.77. The SMILES string of the molecule is CCOc1nc2nc(C3CCOCC3)cn2cc1NC(=O)c1cccc(OC)n1. The van der Waals surface area contributed by atoms with Crippen LogP contribution in [-0.4, -0.2) is 52.2 Å². The number of ether oxygens (including phenoxy) is 3. The number of imidazole rings is 1. The van der Waals surface area contributed by atoms with Crippen molar-refractivity contribution in [2.24, 2.45) is 0 Å². The number of anilines is 1. The molecule has 1 aliphatic heterocycles. The highest BCUT2D eigenvalue weighted by atomic mass is 16.5. The van der Waals surface area contributed by atoms with Gasteiger partial charge in [0.15, 0.2) is 0 Å². The molecule has 29 heavy (non-hydrogen) atoms. The van der Waals surface area contributed by atoms with Gasteiger partial charge in [-0.2, -0.15) is 4.98 Å². The van der Waals surface area contributed by atoms with E-state index in [2.05, 4.69) is 20.3 Å². The van der Waals surface area contributed by atoms with Crippen LogP contribution in [0.25, 0.3) is 5.78 Å². The summed E-state index contributed by atoms with van der Waals surface area (Å²) in [6, 6.07) is 5.01. The van der Waals surface area contributed by atoms with Crippen LogP contribution in [0.3, 0.4) is 0 Å². The van der Waals surface area contributed by atoms with Gasteiger partial charge in [-0.15, -0.1) is 0 Å². The second-order valence-corrected chi connectivity index (χ2v) is 6.67. The van der Waals surface area contributed by atoms with Crippen LogP contribution in [-0.2, 0) is 4.74 Å². The van der Waals surface area contributed by atoms with E-state index < -0.39 is 0 Å². The van der Waals surface area contributed by atoms with E-state index in [-0.39, 0.29) is 11.6 Å². The number of aromatic nitrogens is 4. The first-order chi connectivity index (χ1) is 14.2. The van der Waals surface area contributed by atoms with E-state index in [9.17, 15) is 4.79 Å². The number of hydrogen-bond acceptors (Lipinski definition) is 7. The van der Waals surface area contributed by atoms with Crippen molar-refractivity contribution in [3.8, 4) is 11.8 Å². The van der Waals surface area contributed by atoms with Gasteiger partial charge in [0.1, 0.15) is 11.4 Å². The van der Waals surface area contributed by atoms with Crippen LogP contribution >= 0.6 is 0 Å². The van der Waals surface area contributed by atoms with Crippen LogP contribution in [0, 0.1) is 0 Å². The van der Waals surface area contributed by atoms with Gasteiger partial charge in [-0.25, -0.2) is 9.97 Å². The largest absolute Gasteiger partial charge is 0.481 e. The molecule has 0 aliphatic carbocycles. The first kappa shape index (κ1) is 19.1. The number of nitrogens with zero attached hydrogens (tertiary/aromatic N) is 4. The van der Waals surface area contributed by atoms with E-state index in [1.54, 1.807) is 24.4 Å². The summed E-state index contributed by atoms with van der Waals surface area (Å²) in [6.07, 6.45) is 5.59. The van der Waals surface area contributed by atoms with Crippen LogP contribution in [0.5, 0.6) is 11.8 Å². The van der Waals surface area contributed by atoms with Crippen LogP contribution in [0.2, 0.25) is 0 Å². The molecule has 9 nitrogen and oxygen atoms in total. The van der Waals surface area contributed by atoms with Crippen molar-refractivity contribution in [2.45, 2.75) is 25.7 Å². The molecule has 1 aliphatic rings. The maximum Gasteiger partial charge on any atom is 0.274 e. The normalized spacial score (nSPS) is 14.7. The molecule has 4 rings (SSSR count). The molecule has 0 unspecified atom stereocenters. The van der Waals surface area contributed by atoms with Gasteiger partial charge in [0.05, 0.1) is 19.4 Å². The van der Waals surface area contributed by atoms with Crippen LogP contribution < -0.4 is 14.8 Å². The van der Waals surface area contributed by atoms with Gasteiger partial charge in [0.25, 0.3) is 5.91 Å². The van der Waals surface area contributed by atoms with Crippen molar-refractivity contribution in [1.82, 2.24) is 19.4 Å². The summed E-state index contributed by atoms with van der Waals surface area (Å²) in [4.78, 5) is 26.0. The molecule has 0 saturated carbocycles. The van der Waals surface area contributed by atoms with Crippen molar-refractivity contribution >= 4 is 17.4 Å². The lowest BCUT2D eigenvalue weighted by atomic mass is 9.97. The van der Waals surface area contributed by atoms with Crippen LogP contribution in [0.1, 0.15) is 41.9 Å². The fourth-order valence-corrected chi connectivity index (χ4v) is 3.29. The summed E-state index contributed by atoms with van der Waals surface area (Å²) in [5.74, 6) is 1.19. The molecule has 0 bridgehead atoms. The minimum Gasteiger partial charge on any atom is -0.481 e. The maximum absolute atomic E-state index is 12.7. The van der Waals surface area contributed by atoms with Gasteiger partial charge in [-0.1, -0.05) is 6.07 Å². The van der Waals surface area contributed by atoms with Crippen molar-refractivity contribution in [3.05, 3.63) is 42.0 Å². The van der Waals surface area contributed by atoms with Crippen molar-refractivity contribution in [2.75, 3.05) is 32.2 Å². The molecule has 1 N–H and O–H groups in total. The molecule has 0 radical (unpaired) electrons. The fourth-order valence-electron chi connectivity index (χ4n) is 3.29. The minimum atomic E-state index is -0.379. The quantitative estimate of drug-likeness (QED) is 0.682. The van der Waals surface area contributed by atoms with Gasteiger partial charge < -0.3 is 19.5 Å². The van der Waals surface area contributed by atoms with E-state index in [1.165, 1.54) is 7.11 Å². The smallest absolute Gasteiger partial charge is 0.274 e. The lowest BCUT2D eigenvalue weighted by Gasteiger charge is -2.19. The lowest BCUT2D eigenvalue weighted by Crippen LogP contribution is -2.16. The number of carbonyl (C=O) groups excluding carboxylic acids is 1. The average Bonchev–Trinajstić information content (AvgIpc) is 3.17. The van der Waals surface area contributed by atoms with Crippen molar-refractivity contribution in [3.63, 3.8) is 0 Å². The van der Waals surface area contributed by atoms with E-state index in [4.69, 9.17) is 14.2 Å². The minimum absolute atomic E-state index is 0.237. The number of rotatable bonds is 6. The van der Waals surface area contributed by atoms with E-state index >= 15 is 0 Å². The zero-order valence-corrected chi connectivity index (χ0v) is 16.4. The number of amides is 1. The molecule has 1 fully saturated rings. The summed E-state index contributed by atoms with van der Waals surface area (Å²) in [6.45, 7) is 3.76. The Morgan fingerprint density at radius 3 is 2.83 bits per heavy atom. The van der Waals surface area contributed by atoms with Crippen LogP contribution in [0.4, 0.5) is 5.69 Å². The highest BCUT2D eigenvalue weighted by Gasteiger charge is 2.21.